The lowest BCUT2D eigenvalue weighted by Gasteiger charge is -2.21. The van der Waals surface area contributed by atoms with Gasteiger partial charge in [-0.1, -0.05) is 5.92 Å². The molecule has 31 heavy (non-hydrogen) atoms. The molecule has 1 aromatic heterocycles. The molecule has 5 aliphatic carbocycles. The fourth-order valence-electron chi connectivity index (χ4n) is 6.92. The molecule has 166 valence electrons. The van der Waals surface area contributed by atoms with Crippen LogP contribution in [0, 0.1) is 63.9 Å². The maximum Gasteiger partial charge on any atom is 0.274 e. The fourth-order valence-corrected chi connectivity index (χ4v) is 7.67. The molecule has 3 N–H and O–H groups in total. The zero-order valence-corrected chi connectivity index (χ0v) is 18.4. The Balaban J connectivity index is 0.967. The highest BCUT2D eigenvalue weighted by molar-refractivity contribution is 7.98. The number of hydrogen-bond acceptors (Lipinski definition) is 7. The molecular weight excluding hydrogens is 412 g/mol. The predicted octanol–water partition coefficient (Wildman–Crippen LogP) is 2.64. The largest absolute Gasteiger partial charge is 0.464 e. The van der Waals surface area contributed by atoms with Crippen molar-refractivity contribution in [3.05, 3.63) is 45.8 Å². The fraction of sp³-hybridized carbons (Fsp3) is 0.652. The van der Waals surface area contributed by atoms with Gasteiger partial charge in [0.1, 0.15) is 11.5 Å². The van der Waals surface area contributed by atoms with Crippen LogP contribution in [0.5, 0.6) is 0 Å². The van der Waals surface area contributed by atoms with Crippen LogP contribution in [0.1, 0.15) is 24.4 Å². The number of nitrogens with one attached hydrogen (secondary N) is 3. The van der Waals surface area contributed by atoms with Gasteiger partial charge in [-0.3, -0.25) is 10.1 Å². The number of nitro groups is 1. The van der Waals surface area contributed by atoms with Crippen LogP contribution < -0.4 is 16.0 Å². The number of terminal acetylenes is 1. The number of thioether (sulfide) groups is 1. The van der Waals surface area contributed by atoms with E-state index in [4.69, 9.17) is 10.8 Å². The van der Waals surface area contributed by atoms with E-state index in [9.17, 15) is 10.1 Å². The molecule has 7 atom stereocenters. The van der Waals surface area contributed by atoms with Crippen LogP contribution in [0.3, 0.4) is 0 Å². The maximum atomic E-state index is 10.6. The molecule has 1 heterocycles. The summed E-state index contributed by atoms with van der Waals surface area (Å²) in [6.07, 6.45) is 9.09. The molecule has 5 saturated carbocycles. The predicted molar refractivity (Wildman–Crippen MR) is 120 cm³/mol. The minimum Gasteiger partial charge on any atom is -0.464 e. The Labute approximate surface area is 187 Å². The Kier molecular flexibility index (Phi) is 5.89. The van der Waals surface area contributed by atoms with Crippen LogP contribution in [-0.2, 0) is 12.3 Å². The lowest BCUT2D eigenvalue weighted by Crippen LogP contribution is -2.29. The van der Waals surface area contributed by atoms with Crippen molar-refractivity contribution in [3.8, 4) is 12.3 Å². The first-order valence-electron chi connectivity index (χ1n) is 11.3. The molecule has 0 saturated heterocycles. The molecule has 0 aliphatic heterocycles. The van der Waals surface area contributed by atoms with Crippen molar-refractivity contribution in [1.29, 1.82) is 0 Å². The molecule has 7 unspecified atom stereocenters. The smallest absolute Gasteiger partial charge is 0.274 e. The van der Waals surface area contributed by atoms with Gasteiger partial charge >= 0.3 is 0 Å². The van der Waals surface area contributed by atoms with Gasteiger partial charge in [-0.05, 0) is 72.9 Å². The van der Waals surface area contributed by atoms with Gasteiger partial charge < -0.3 is 20.4 Å². The van der Waals surface area contributed by atoms with Gasteiger partial charge in [0, 0.05) is 12.3 Å². The summed E-state index contributed by atoms with van der Waals surface area (Å²) < 4.78 is 5.96. The van der Waals surface area contributed by atoms with Gasteiger partial charge in [0.05, 0.1) is 23.8 Å². The van der Waals surface area contributed by atoms with E-state index >= 15 is 0 Å². The monoisotopic (exact) mass is 442 g/mol. The first-order valence-corrected chi connectivity index (χ1v) is 12.4. The van der Waals surface area contributed by atoms with Crippen molar-refractivity contribution >= 4 is 11.8 Å². The molecule has 5 aliphatic rings. The van der Waals surface area contributed by atoms with Gasteiger partial charge in [-0.2, -0.15) is 11.8 Å². The van der Waals surface area contributed by atoms with Gasteiger partial charge in [0.2, 0.25) is 0 Å². The Bertz CT molecular complexity index is 894. The van der Waals surface area contributed by atoms with Gasteiger partial charge in [0.15, 0.2) is 5.82 Å². The van der Waals surface area contributed by atoms with Gasteiger partial charge in [0.25, 0.3) is 6.20 Å². The third kappa shape index (κ3) is 4.18. The van der Waals surface area contributed by atoms with E-state index in [1.807, 2.05) is 6.07 Å². The Morgan fingerprint density at radius 3 is 2.81 bits per heavy atom. The first-order chi connectivity index (χ1) is 15.2. The summed E-state index contributed by atoms with van der Waals surface area (Å²) in [5.41, 5.74) is 0. The third-order valence-electron chi connectivity index (χ3n) is 7.78. The molecule has 5 fully saturated rings. The maximum absolute atomic E-state index is 10.6. The van der Waals surface area contributed by atoms with Crippen molar-refractivity contribution in [3.63, 3.8) is 0 Å². The summed E-state index contributed by atoms with van der Waals surface area (Å²) in [7, 11) is 0. The second kappa shape index (κ2) is 8.79. The molecule has 6 bridgehead atoms. The molecule has 6 rings (SSSR count). The highest BCUT2D eigenvalue weighted by Crippen LogP contribution is 2.81. The minimum absolute atomic E-state index is 0.243. The zero-order chi connectivity index (χ0) is 21.4. The summed E-state index contributed by atoms with van der Waals surface area (Å²) in [5.74, 6) is 13.7. The molecule has 0 amide bonds. The van der Waals surface area contributed by atoms with E-state index < -0.39 is 4.92 Å². The highest BCUT2D eigenvalue weighted by atomic mass is 32.2. The van der Waals surface area contributed by atoms with E-state index in [0.717, 1.165) is 83.7 Å². The van der Waals surface area contributed by atoms with Crippen molar-refractivity contribution in [2.75, 3.05) is 25.4 Å². The third-order valence-corrected chi connectivity index (χ3v) is 8.77. The van der Waals surface area contributed by atoms with E-state index in [-0.39, 0.29) is 6.54 Å². The number of rotatable bonds is 13. The minimum atomic E-state index is -0.500. The molecule has 1 aromatic rings. The number of furan rings is 1. The first kappa shape index (κ1) is 20.8. The van der Waals surface area contributed by atoms with Crippen LogP contribution in [0.25, 0.3) is 0 Å². The summed E-state index contributed by atoms with van der Waals surface area (Å²) in [6.45, 7) is 2.79. The summed E-state index contributed by atoms with van der Waals surface area (Å²) in [6, 6.07) is 4.11. The quantitative estimate of drug-likeness (QED) is 0.187. The summed E-state index contributed by atoms with van der Waals surface area (Å²) in [5, 5.41) is 20.1. The molecule has 0 radical (unpaired) electrons. The second-order valence-electron chi connectivity index (χ2n) is 9.32. The molecule has 0 aromatic carbocycles. The van der Waals surface area contributed by atoms with Gasteiger partial charge in [-0.25, -0.2) is 0 Å². The lowest BCUT2D eigenvalue weighted by atomic mass is 9.88. The Hall–Kier alpha value is -2.11. The highest BCUT2D eigenvalue weighted by Gasteiger charge is 2.77. The van der Waals surface area contributed by atoms with E-state index in [1.165, 1.54) is 6.42 Å². The number of nitrogens with zero attached hydrogens (tertiary/aromatic N) is 1. The van der Waals surface area contributed by atoms with Crippen LogP contribution in [-0.4, -0.2) is 30.3 Å². The zero-order valence-electron chi connectivity index (χ0n) is 17.6. The number of hydrogen-bond donors (Lipinski definition) is 3. The molecular formula is C23H30N4O3S. The van der Waals surface area contributed by atoms with Crippen molar-refractivity contribution in [2.24, 2.45) is 41.4 Å². The van der Waals surface area contributed by atoms with Crippen LogP contribution in [0.15, 0.2) is 28.6 Å². The molecule has 0 spiro atoms. The SMILES string of the molecule is C#CCN/C(=C/[N+](=O)[O-])NCCSCc1ccc(CNCC2CC3C4CC5C3C5C24)o1. The average Bonchev–Trinajstić information content (AvgIpc) is 3.26. The standard InChI is InChI=1S/C23H30N4O3S/c1-2-5-25-20(12-27(28)29)26-6-7-31-13-16-4-3-15(30-16)11-24-10-14-8-17-18-9-19-22(17)23(19)21(14)18/h1,3-4,12,14,17-19,21-26H,5-11,13H2/b20-12-. The van der Waals surface area contributed by atoms with Crippen LogP contribution in [0.2, 0.25) is 0 Å². The van der Waals surface area contributed by atoms with Gasteiger partial charge in [-0.15, -0.1) is 6.42 Å². The Morgan fingerprint density at radius 2 is 2.06 bits per heavy atom. The van der Waals surface area contributed by atoms with Crippen molar-refractivity contribution in [2.45, 2.75) is 25.1 Å². The average molecular weight is 443 g/mol. The van der Waals surface area contributed by atoms with Crippen LogP contribution >= 0.6 is 11.8 Å². The Morgan fingerprint density at radius 1 is 1.23 bits per heavy atom. The second-order valence-corrected chi connectivity index (χ2v) is 10.4. The lowest BCUT2D eigenvalue weighted by molar-refractivity contribution is -0.404. The molecule has 8 heteroatoms. The van der Waals surface area contributed by atoms with Crippen LogP contribution in [0.4, 0.5) is 0 Å². The summed E-state index contributed by atoms with van der Waals surface area (Å²) >= 11 is 1.72. The topological polar surface area (TPSA) is 92.4 Å². The van der Waals surface area contributed by atoms with Crippen molar-refractivity contribution < 1.29 is 9.34 Å². The van der Waals surface area contributed by atoms with E-state index in [1.54, 1.807) is 18.2 Å². The summed E-state index contributed by atoms with van der Waals surface area (Å²) in [4.78, 5) is 10.1. The van der Waals surface area contributed by atoms with E-state index in [2.05, 4.69) is 27.9 Å². The molecule has 7 nitrogen and oxygen atoms in total. The van der Waals surface area contributed by atoms with Crippen molar-refractivity contribution in [1.82, 2.24) is 16.0 Å². The van der Waals surface area contributed by atoms with E-state index in [0.29, 0.717) is 12.4 Å². The normalized spacial score (nSPS) is 34.0.